The van der Waals surface area contributed by atoms with Crippen molar-refractivity contribution in [3.63, 3.8) is 0 Å². The van der Waals surface area contributed by atoms with Gasteiger partial charge in [0.15, 0.2) is 17.2 Å². The minimum Gasteiger partial charge on any atom is -0.461 e. The minimum absolute atomic E-state index is 0.0351. The lowest BCUT2D eigenvalue weighted by molar-refractivity contribution is -0.214. The lowest BCUT2D eigenvalue weighted by Gasteiger charge is -2.32. The Morgan fingerprint density at radius 2 is 1.97 bits per heavy atom. The fraction of sp³-hybridized carbons (Fsp3) is 0.348. The van der Waals surface area contributed by atoms with Gasteiger partial charge in [-0.1, -0.05) is 12.1 Å². The first-order valence-corrected chi connectivity index (χ1v) is 10.7. The summed E-state index contributed by atoms with van der Waals surface area (Å²) in [5.41, 5.74) is -3.30. The molecule has 4 aromatic rings. The molecule has 0 amide bonds. The van der Waals surface area contributed by atoms with E-state index in [1.165, 1.54) is 7.05 Å². The summed E-state index contributed by atoms with van der Waals surface area (Å²) < 4.78 is 68.3. The van der Waals surface area contributed by atoms with Crippen molar-refractivity contribution in [2.24, 2.45) is 7.05 Å². The van der Waals surface area contributed by atoms with Crippen LogP contribution in [0.4, 0.5) is 23.4 Å². The Labute approximate surface area is 194 Å². The molecule has 0 radical (unpaired) electrons. The summed E-state index contributed by atoms with van der Waals surface area (Å²) in [6, 6.07) is 5.25. The molecule has 5 rings (SSSR count). The number of anilines is 1. The van der Waals surface area contributed by atoms with Crippen molar-refractivity contribution in [3.8, 4) is 0 Å². The normalized spacial score (nSPS) is 19.5. The standard InChI is InChI=1S/C23H20F4N4O4/c1-12(13-4-3-5-14-17(24)10-35-19(13)14)28-20-16-9-31(22(23(25,26)27)6-7-34-11-22)18(32)8-15(16)21(33)30(2)29-20/h3-5,8-10,12H,6-7,11H2,1-2H3,(H,28,29)/t12?,22-/m1/s1. The van der Waals surface area contributed by atoms with Crippen LogP contribution in [0, 0.1) is 5.82 Å². The molecule has 0 spiro atoms. The van der Waals surface area contributed by atoms with Crippen LogP contribution in [-0.2, 0) is 17.3 Å². The number of aryl methyl sites for hydroxylation is 1. The Hall–Kier alpha value is -3.67. The molecule has 0 aliphatic carbocycles. The molecule has 1 saturated heterocycles. The number of benzene rings is 1. The van der Waals surface area contributed by atoms with Crippen LogP contribution in [-0.4, -0.2) is 33.7 Å². The largest absolute Gasteiger partial charge is 0.461 e. The van der Waals surface area contributed by atoms with E-state index in [1.807, 2.05) is 0 Å². The van der Waals surface area contributed by atoms with Crippen molar-refractivity contribution in [3.05, 3.63) is 68.8 Å². The second-order valence-electron chi connectivity index (χ2n) is 8.59. The first kappa shape index (κ1) is 23.1. The van der Waals surface area contributed by atoms with Crippen LogP contribution in [0.25, 0.3) is 21.7 Å². The summed E-state index contributed by atoms with van der Waals surface area (Å²) in [6.07, 6.45) is -3.21. The van der Waals surface area contributed by atoms with E-state index in [-0.39, 0.29) is 28.6 Å². The molecule has 1 aliphatic heterocycles. The van der Waals surface area contributed by atoms with E-state index in [1.54, 1.807) is 25.1 Å². The Morgan fingerprint density at radius 3 is 2.66 bits per heavy atom. The molecule has 8 nitrogen and oxygen atoms in total. The number of para-hydroxylation sites is 1. The highest BCUT2D eigenvalue weighted by Crippen LogP contribution is 2.42. The van der Waals surface area contributed by atoms with Gasteiger partial charge < -0.3 is 14.5 Å². The molecular formula is C23H20F4N4O4. The fourth-order valence-electron chi connectivity index (χ4n) is 4.54. The quantitative estimate of drug-likeness (QED) is 0.436. The zero-order valence-corrected chi connectivity index (χ0v) is 18.6. The number of fused-ring (bicyclic) bond motifs is 2. The van der Waals surface area contributed by atoms with Crippen molar-refractivity contribution in [2.75, 3.05) is 18.5 Å². The Morgan fingerprint density at radius 1 is 1.20 bits per heavy atom. The maximum absolute atomic E-state index is 14.1. The van der Waals surface area contributed by atoms with Crippen LogP contribution < -0.4 is 16.4 Å². The number of pyridine rings is 1. The first-order chi connectivity index (χ1) is 16.5. The number of nitrogens with zero attached hydrogens (tertiary/aromatic N) is 3. The van der Waals surface area contributed by atoms with Crippen molar-refractivity contribution in [1.29, 1.82) is 0 Å². The molecule has 1 aromatic carbocycles. The van der Waals surface area contributed by atoms with Gasteiger partial charge >= 0.3 is 6.18 Å². The van der Waals surface area contributed by atoms with Gasteiger partial charge in [-0.2, -0.15) is 18.3 Å². The van der Waals surface area contributed by atoms with E-state index in [2.05, 4.69) is 10.4 Å². The molecule has 3 aromatic heterocycles. The summed E-state index contributed by atoms with van der Waals surface area (Å²) in [7, 11) is 1.37. The SMILES string of the molecule is CC(Nc1nn(C)c(=O)c2cc(=O)n([C@]3(C(F)(F)F)CCOC3)cc12)c1cccc2c(F)coc12. The van der Waals surface area contributed by atoms with Crippen LogP contribution >= 0.6 is 0 Å². The molecule has 184 valence electrons. The highest BCUT2D eigenvalue weighted by molar-refractivity contribution is 5.90. The Balaban J connectivity index is 1.68. The number of nitrogens with one attached hydrogen (secondary N) is 1. The van der Waals surface area contributed by atoms with Crippen molar-refractivity contribution >= 4 is 27.6 Å². The summed E-state index contributed by atoms with van der Waals surface area (Å²) >= 11 is 0. The van der Waals surface area contributed by atoms with E-state index >= 15 is 0 Å². The van der Waals surface area contributed by atoms with Gasteiger partial charge in [-0.3, -0.25) is 14.2 Å². The zero-order chi connectivity index (χ0) is 25.1. The van der Waals surface area contributed by atoms with Crippen LogP contribution in [0.15, 0.2) is 50.7 Å². The molecule has 1 fully saturated rings. The van der Waals surface area contributed by atoms with Crippen LogP contribution in [0.5, 0.6) is 0 Å². The molecule has 1 unspecified atom stereocenters. The molecule has 0 bridgehead atoms. The third-order valence-electron chi connectivity index (χ3n) is 6.48. The lowest BCUT2D eigenvalue weighted by atomic mass is 9.96. The molecule has 35 heavy (non-hydrogen) atoms. The highest BCUT2D eigenvalue weighted by atomic mass is 19.4. The third-order valence-corrected chi connectivity index (χ3v) is 6.48. The van der Waals surface area contributed by atoms with Gasteiger partial charge in [-0.05, 0) is 13.0 Å². The number of furan rings is 1. The Bertz CT molecular complexity index is 1560. The number of hydrogen-bond donors (Lipinski definition) is 1. The van der Waals surface area contributed by atoms with E-state index < -0.39 is 47.7 Å². The molecule has 1 N–H and O–H groups in total. The van der Waals surface area contributed by atoms with Gasteiger partial charge in [0.2, 0.25) is 0 Å². The van der Waals surface area contributed by atoms with Gasteiger partial charge in [-0.15, -0.1) is 0 Å². The maximum atomic E-state index is 14.1. The number of hydrogen-bond acceptors (Lipinski definition) is 6. The van der Waals surface area contributed by atoms with Gasteiger partial charge in [0, 0.05) is 43.3 Å². The van der Waals surface area contributed by atoms with Crippen LogP contribution in [0.3, 0.4) is 0 Å². The second-order valence-corrected chi connectivity index (χ2v) is 8.59. The average Bonchev–Trinajstić information content (AvgIpc) is 3.45. The van der Waals surface area contributed by atoms with E-state index in [9.17, 15) is 27.2 Å². The van der Waals surface area contributed by atoms with Crippen LogP contribution in [0.1, 0.15) is 24.9 Å². The van der Waals surface area contributed by atoms with Crippen LogP contribution in [0.2, 0.25) is 0 Å². The van der Waals surface area contributed by atoms with Crippen molar-refractivity contribution in [2.45, 2.75) is 31.1 Å². The van der Waals surface area contributed by atoms with Gasteiger partial charge in [0.05, 0.1) is 23.4 Å². The summed E-state index contributed by atoms with van der Waals surface area (Å²) in [5, 5.41) is 7.50. The number of halogens is 4. The molecule has 2 atom stereocenters. The van der Waals surface area contributed by atoms with Crippen molar-refractivity contribution < 1.29 is 26.7 Å². The molecule has 4 heterocycles. The minimum atomic E-state index is -4.77. The predicted octanol–water partition coefficient (Wildman–Crippen LogP) is 3.83. The topological polar surface area (TPSA) is 91.3 Å². The number of alkyl halides is 3. The predicted molar refractivity (Wildman–Crippen MR) is 119 cm³/mol. The zero-order valence-electron chi connectivity index (χ0n) is 18.6. The van der Waals surface area contributed by atoms with Gasteiger partial charge in [-0.25, -0.2) is 9.07 Å². The fourth-order valence-corrected chi connectivity index (χ4v) is 4.54. The number of rotatable bonds is 4. The maximum Gasteiger partial charge on any atom is 0.414 e. The average molecular weight is 492 g/mol. The van der Waals surface area contributed by atoms with E-state index in [0.717, 1.165) is 23.2 Å². The number of ether oxygens (including phenoxy) is 1. The monoisotopic (exact) mass is 492 g/mol. The van der Waals surface area contributed by atoms with Gasteiger partial charge in [0.1, 0.15) is 11.8 Å². The van der Waals surface area contributed by atoms with Crippen molar-refractivity contribution in [1.82, 2.24) is 14.3 Å². The van der Waals surface area contributed by atoms with E-state index in [4.69, 9.17) is 9.15 Å². The lowest BCUT2D eigenvalue weighted by Crippen LogP contribution is -2.52. The molecule has 0 saturated carbocycles. The highest BCUT2D eigenvalue weighted by Gasteiger charge is 2.59. The summed E-state index contributed by atoms with van der Waals surface area (Å²) in [6.45, 7) is 0.849. The summed E-state index contributed by atoms with van der Waals surface area (Å²) in [5.74, 6) is -0.455. The Kier molecular flexibility index (Phi) is 5.24. The third kappa shape index (κ3) is 3.51. The van der Waals surface area contributed by atoms with Gasteiger partial charge in [0.25, 0.3) is 11.1 Å². The first-order valence-electron chi connectivity index (χ1n) is 10.7. The number of aromatic nitrogens is 3. The molecule has 1 aliphatic rings. The second kappa shape index (κ2) is 7.94. The smallest absolute Gasteiger partial charge is 0.414 e. The molecule has 12 heteroatoms. The van der Waals surface area contributed by atoms with E-state index in [0.29, 0.717) is 15.7 Å². The molecular weight excluding hydrogens is 472 g/mol. The summed E-state index contributed by atoms with van der Waals surface area (Å²) in [4.78, 5) is 25.5.